The number of amides is 1. The van der Waals surface area contributed by atoms with E-state index in [4.69, 9.17) is 9.84 Å². The van der Waals surface area contributed by atoms with Crippen LogP contribution in [0.25, 0.3) is 0 Å². The molecule has 0 bridgehead atoms. The number of para-hydroxylation sites is 1. The van der Waals surface area contributed by atoms with E-state index in [9.17, 15) is 9.18 Å². The summed E-state index contributed by atoms with van der Waals surface area (Å²) in [6, 6.07) is 5.87. The van der Waals surface area contributed by atoms with Crippen molar-refractivity contribution in [1.29, 1.82) is 0 Å². The summed E-state index contributed by atoms with van der Waals surface area (Å²) in [7, 11) is 0. The summed E-state index contributed by atoms with van der Waals surface area (Å²) < 4.78 is 17.8. The highest BCUT2D eigenvalue weighted by atomic mass is 19.1. The van der Waals surface area contributed by atoms with Gasteiger partial charge in [0.25, 0.3) is 0 Å². The monoisotopic (exact) mass is 213 g/mol. The van der Waals surface area contributed by atoms with Crippen LogP contribution in [0.15, 0.2) is 24.3 Å². The molecule has 1 aromatic carbocycles. The Morgan fingerprint density at radius 1 is 1.47 bits per heavy atom. The van der Waals surface area contributed by atoms with Crippen molar-refractivity contribution < 1.29 is 19.0 Å². The predicted octanol–water partition coefficient (Wildman–Crippen LogP) is 0.773. The number of anilines is 1. The number of nitrogens with one attached hydrogen (secondary N) is 1. The Kier molecular flexibility index (Phi) is 4.73. The van der Waals surface area contributed by atoms with Gasteiger partial charge in [0.05, 0.1) is 18.9 Å². The van der Waals surface area contributed by atoms with Crippen LogP contribution in [-0.4, -0.2) is 30.8 Å². The van der Waals surface area contributed by atoms with E-state index in [-0.39, 0.29) is 25.5 Å². The third-order valence-electron chi connectivity index (χ3n) is 1.62. The molecule has 0 saturated carbocycles. The molecule has 0 radical (unpaired) electrons. The molecule has 1 amide bonds. The first-order chi connectivity index (χ1) is 7.24. The van der Waals surface area contributed by atoms with Crippen LogP contribution in [0.5, 0.6) is 0 Å². The summed E-state index contributed by atoms with van der Waals surface area (Å²) in [6.45, 7) is -0.257. The van der Waals surface area contributed by atoms with Crippen molar-refractivity contribution in [2.24, 2.45) is 0 Å². The van der Waals surface area contributed by atoms with E-state index < -0.39 is 11.7 Å². The summed E-state index contributed by atoms with van der Waals surface area (Å²) >= 11 is 0. The van der Waals surface area contributed by atoms with E-state index in [1.165, 1.54) is 18.2 Å². The van der Waals surface area contributed by atoms with Gasteiger partial charge in [0.2, 0.25) is 5.91 Å². The van der Waals surface area contributed by atoms with Crippen molar-refractivity contribution in [3.05, 3.63) is 30.1 Å². The third-order valence-corrected chi connectivity index (χ3v) is 1.62. The average Bonchev–Trinajstić information content (AvgIpc) is 2.22. The minimum absolute atomic E-state index is 0.0880. The molecule has 0 unspecified atom stereocenters. The molecule has 15 heavy (non-hydrogen) atoms. The van der Waals surface area contributed by atoms with Crippen LogP contribution in [0.4, 0.5) is 10.1 Å². The normalized spacial score (nSPS) is 10.0. The summed E-state index contributed by atoms with van der Waals surface area (Å²) in [5, 5.41) is 10.7. The van der Waals surface area contributed by atoms with Crippen LogP contribution in [0.2, 0.25) is 0 Å². The maximum atomic E-state index is 13.0. The van der Waals surface area contributed by atoms with Crippen LogP contribution in [0.1, 0.15) is 0 Å². The quantitative estimate of drug-likeness (QED) is 0.710. The number of benzene rings is 1. The second-order valence-electron chi connectivity index (χ2n) is 2.80. The highest BCUT2D eigenvalue weighted by Gasteiger charge is 2.05. The zero-order chi connectivity index (χ0) is 11.1. The van der Waals surface area contributed by atoms with Gasteiger partial charge in [-0.15, -0.1) is 0 Å². The summed E-state index contributed by atoms with van der Waals surface area (Å²) in [5.41, 5.74) is 0.120. The van der Waals surface area contributed by atoms with Crippen LogP contribution in [0, 0.1) is 5.82 Å². The van der Waals surface area contributed by atoms with Gasteiger partial charge in [-0.2, -0.15) is 0 Å². The predicted molar refractivity (Wildman–Crippen MR) is 52.9 cm³/mol. The number of aliphatic hydroxyl groups is 1. The summed E-state index contributed by atoms with van der Waals surface area (Å²) in [5.74, 6) is -0.943. The SMILES string of the molecule is O=C(COCCO)Nc1ccccc1F. The van der Waals surface area contributed by atoms with Crippen LogP contribution < -0.4 is 5.32 Å². The lowest BCUT2D eigenvalue weighted by Crippen LogP contribution is -2.19. The molecular weight excluding hydrogens is 201 g/mol. The van der Waals surface area contributed by atoms with E-state index in [0.29, 0.717) is 0 Å². The first-order valence-corrected chi connectivity index (χ1v) is 4.47. The molecule has 0 atom stereocenters. The molecule has 0 heterocycles. The number of halogens is 1. The first kappa shape index (κ1) is 11.6. The second kappa shape index (κ2) is 6.10. The lowest BCUT2D eigenvalue weighted by molar-refractivity contribution is -0.120. The van der Waals surface area contributed by atoms with E-state index in [1.54, 1.807) is 6.07 Å². The lowest BCUT2D eigenvalue weighted by atomic mass is 10.3. The van der Waals surface area contributed by atoms with E-state index >= 15 is 0 Å². The number of rotatable bonds is 5. The number of hydrogen-bond acceptors (Lipinski definition) is 3. The molecule has 0 aliphatic carbocycles. The van der Waals surface area contributed by atoms with Gasteiger partial charge in [0.15, 0.2) is 0 Å². The molecule has 82 valence electrons. The van der Waals surface area contributed by atoms with Gasteiger partial charge < -0.3 is 15.2 Å². The summed E-state index contributed by atoms with van der Waals surface area (Å²) in [6.07, 6.45) is 0. The van der Waals surface area contributed by atoms with E-state index in [2.05, 4.69) is 5.32 Å². The van der Waals surface area contributed by atoms with Gasteiger partial charge in [-0.25, -0.2) is 4.39 Å². The van der Waals surface area contributed by atoms with Crippen molar-refractivity contribution in [3.63, 3.8) is 0 Å². The highest BCUT2D eigenvalue weighted by Crippen LogP contribution is 2.11. The smallest absolute Gasteiger partial charge is 0.250 e. The fraction of sp³-hybridized carbons (Fsp3) is 0.300. The minimum Gasteiger partial charge on any atom is -0.394 e. The lowest BCUT2D eigenvalue weighted by Gasteiger charge is -2.05. The van der Waals surface area contributed by atoms with Crippen molar-refractivity contribution in [3.8, 4) is 0 Å². The number of carbonyl (C=O) groups excluding carboxylic acids is 1. The Hall–Kier alpha value is -1.46. The Morgan fingerprint density at radius 2 is 2.20 bits per heavy atom. The Balaban J connectivity index is 2.41. The summed E-state index contributed by atoms with van der Waals surface area (Å²) in [4.78, 5) is 11.2. The van der Waals surface area contributed by atoms with Crippen LogP contribution in [-0.2, 0) is 9.53 Å². The van der Waals surface area contributed by atoms with Gasteiger partial charge in [0, 0.05) is 0 Å². The largest absolute Gasteiger partial charge is 0.394 e. The molecule has 1 rings (SSSR count). The topological polar surface area (TPSA) is 58.6 Å². The number of carbonyl (C=O) groups is 1. The van der Waals surface area contributed by atoms with E-state index in [0.717, 1.165) is 0 Å². The molecular formula is C10H12FNO3. The molecule has 0 fully saturated rings. The fourth-order valence-electron chi connectivity index (χ4n) is 0.978. The van der Waals surface area contributed by atoms with Gasteiger partial charge in [-0.3, -0.25) is 4.79 Å². The maximum absolute atomic E-state index is 13.0. The minimum atomic E-state index is -0.493. The van der Waals surface area contributed by atoms with Crippen molar-refractivity contribution in [2.75, 3.05) is 25.1 Å². The Labute approximate surface area is 86.7 Å². The van der Waals surface area contributed by atoms with Gasteiger partial charge in [0.1, 0.15) is 12.4 Å². The van der Waals surface area contributed by atoms with Gasteiger partial charge in [-0.05, 0) is 12.1 Å². The molecule has 5 heteroatoms. The van der Waals surface area contributed by atoms with Crippen LogP contribution in [0.3, 0.4) is 0 Å². The van der Waals surface area contributed by atoms with Crippen molar-refractivity contribution in [2.45, 2.75) is 0 Å². The van der Waals surface area contributed by atoms with Gasteiger partial charge >= 0.3 is 0 Å². The standard InChI is InChI=1S/C10H12FNO3/c11-8-3-1-2-4-9(8)12-10(14)7-15-6-5-13/h1-4,13H,5-7H2,(H,12,14). The van der Waals surface area contributed by atoms with Crippen LogP contribution >= 0.6 is 0 Å². The molecule has 1 aromatic rings. The fourth-order valence-corrected chi connectivity index (χ4v) is 0.978. The Bertz CT molecular complexity index is 330. The first-order valence-electron chi connectivity index (χ1n) is 4.47. The molecule has 4 nitrogen and oxygen atoms in total. The maximum Gasteiger partial charge on any atom is 0.250 e. The zero-order valence-corrected chi connectivity index (χ0v) is 8.07. The number of ether oxygens (including phenoxy) is 1. The molecule has 0 aliphatic rings. The Morgan fingerprint density at radius 3 is 2.87 bits per heavy atom. The van der Waals surface area contributed by atoms with Crippen molar-refractivity contribution in [1.82, 2.24) is 0 Å². The molecule has 0 aromatic heterocycles. The van der Waals surface area contributed by atoms with Gasteiger partial charge in [-0.1, -0.05) is 12.1 Å². The average molecular weight is 213 g/mol. The molecule has 2 N–H and O–H groups in total. The highest BCUT2D eigenvalue weighted by molar-refractivity contribution is 5.91. The molecule has 0 saturated heterocycles. The number of aliphatic hydroxyl groups excluding tert-OH is 1. The zero-order valence-electron chi connectivity index (χ0n) is 8.07. The molecule has 0 spiro atoms. The molecule has 0 aliphatic heterocycles. The second-order valence-corrected chi connectivity index (χ2v) is 2.80. The van der Waals surface area contributed by atoms with Crippen molar-refractivity contribution >= 4 is 11.6 Å². The third kappa shape index (κ3) is 4.05. The van der Waals surface area contributed by atoms with E-state index in [1.807, 2.05) is 0 Å². The number of hydrogen-bond donors (Lipinski definition) is 2.